The lowest BCUT2D eigenvalue weighted by molar-refractivity contribution is -0.136. The molecule has 0 aromatic heterocycles. The van der Waals surface area contributed by atoms with Gasteiger partial charge in [0, 0.05) is 7.11 Å². The highest BCUT2D eigenvalue weighted by atomic mass is 16.5. The summed E-state index contributed by atoms with van der Waals surface area (Å²) in [5.41, 5.74) is 0.649. The van der Waals surface area contributed by atoms with Crippen molar-refractivity contribution in [3.05, 3.63) is 29.8 Å². The maximum Gasteiger partial charge on any atom is 0.229 e. The second-order valence-corrected chi connectivity index (χ2v) is 5.93. The van der Waals surface area contributed by atoms with E-state index in [0.717, 1.165) is 37.2 Å². The van der Waals surface area contributed by atoms with E-state index in [1.54, 1.807) is 14.2 Å². The summed E-state index contributed by atoms with van der Waals surface area (Å²) >= 11 is 0. The van der Waals surface area contributed by atoms with Crippen LogP contribution in [0.5, 0.6) is 5.75 Å². The second-order valence-electron chi connectivity index (χ2n) is 5.93. The fourth-order valence-electron chi connectivity index (χ4n) is 2.94. The number of benzene rings is 1. The highest BCUT2D eigenvalue weighted by Gasteiger charge is 2.40. The molecule has 1 amide bonds. The lowest BCUT2D eigenvalue weighted by Gasteiger charge is -2.36. The molecule has 5 nitrogen and oxygen atoms in total. The third-order valence-electron chi connectivity index (χ3n) is 4.43. The molecule has 1 fully saturated rings. The monoisotopic (exact) mass is 306 g/mol. The summed E-state index contributed by atoms with van der Waals surface area (Å²) < 4.78 is 10.5. The van der Waals surface area contributed by atoms with Crippen LogP contribution in [0.2, 0.25) is 0 Å². The minimum Gasteiger partial charge on any atom is -0.497 e. The van der Waals surface area contributed by atoms with Crippen LogP contribution in [0, 0.1) is 5.41 Å². The molecule has 2 rings (SSSR count). The van der Waals surface area contributed by atoms with Gasteiger partial charge < -0.3 is 20.1 Å². The molecule has 22 heavy (non-hydrogen) atoms. The van der Waals surface area contributed by atoms with Crippen molar-refractivity contribution in [1.29, 1.82) is 0 Å². The van der Waals surface area contributed by atoms with Crippen LogP contribution in [-0.4, -0.2) is 39.8 Å². The van der Waals surface area contributed by atoms with E-state index < -0.39 is 5.41 Å². The Morgan fingerprint density at radius 3 is 2.45 bits per heavy atom. The Hall–Kier alpha value is -1.59. The number of piperidine rings is 1. The van der Waals surface area contributed by atoms with Crippen LogP contribution >= 0.6 is 0 Å². The first-order valence-electron chi connectivity index (χ1n) is 7.76. The maximum atomic E-state index is 12.8. The Morgan fingerprint density at radius 1 is 1.27 bits per heavy atom. The van der Waals surface area contributed by atoms with Crippen molar-refractivity contribution in [2.45, 2.75) is 25.8 Å². The van der Waals surface area contributed by atoms with Crippen molar-refractivity contribution in [1.82, 2.24) is 10.6 Å². The number of hydrogen-bond acceptors (Lipinski definition) is 4. The first-order valence-corrected chi connectivity index (χ1v) is 7.76. The molecule has 1 aromatic carbocycles. The fraction of sp³-hybridized carbons (Fsp3) is 0.588. The van der Waals surface area contributed by atoms with Crippen molar-refractivity contribution in [3.8, 4) is 5.75 Å². The van der Waals surface area contributed by atoms with Crippen molar-refractivity contribution in [3.63, 3.8) is 0 Å². The van der Waals surface area contributed by atoms with Crippen LogP contribution in [0.4, 0.5) is 0 Å². The number of carbonyl (C=O) groups excluding carboxylic acids is 1. The van der Waals surface area contributed by atoms with E-state index in [9.17, 15) is 4.79 Å². The van der Waals surface area contributed by atoms with E-state index in [2.05, 4.69) is 10.6 Å². The molecule has 1 aliphatic heterocycles. The smallest absolute Gasteiger partial charge is 0.229 e. The van der Waals surface area contributed by atoms with Crippen LogP contribution in [0.3, 0.4) is 0 Å². The lowest BCUT2D eigenvalue weighted by Crippen LogP contribution is -2.50. The van der Waals surface area contributed by atoms with Gasteiger partial charge >= 0.3 is 0 Å². The minimum atomic E-state index is -0.416. The summed E-state index contributed by atoms with van der Waals surface area (Å²) in [5, 5.41) is 6.44. The predicted molar refractivity (Wildman–Crippen MR) is 86.0 cm³/mol. The topological polar surface area (TPSA) is 59.6 Å². The molecule has 1 heterocycles. The number of hydrogen-bond donors (Lipinski definition) is 2. The van der Waals surface area contributed by atoms with Crippen molar-refractivity contribution >= 4 is 5.91 Å². The van der Waals surface area contributed by atoms with E-state index in [-0.39, 0.29) is 11.9 Å². The molecule has 1 saturated heterocycles. The van der Waals surface area contributed by atoms with Gasteiger partial charge in [-0.25, -0.2) is 0 Å². The van der Waals surface area contributed by atoms with Gasteiger partial charge in [-0.05, 0) is 50.6 Å². The molecule has 1 atom stereocenters. The summed E-state index contributed by atoms with van der Waals surface area (Å²) in [6.07, 6.45) is 1.62. The largest absolute Gasteiger partial charge is 0.497 e. The molecular weight excluding hydrogens is 280 g/mol. The minimum absolute atomic E-state index is 0.0398. The molecule has 2 N–H and O–H groups in total. The van der Waals surface area contributed by atoms with Crippen LogP contribution in [-0.2, 0) is 9.53 Å². The van der Waals surface area contributed by atoms with Gasteiger partial charge in [0.15, 0.2) is 0 Å². The van der Waals surface area contributed by atoms with E-state index in [1.165, 1.54) is 0 Å². The van der Waals surface area contributed by atoms with Crippen molar-refractivity contribution in [2.75, 3.05) is 33.9 Å². The van der Waals surface area contributed by atoms with Gasteiger partial charge in [0.2, 0.25) is 5.91 Å². The normalized spacial score (nSPS) is 18.5. The fourth-order valence-corrected chi connectivity index (χ4v) is 2.94. The molecule has 0 radical (unpaired) electrons. The van der Waals surface area contributed by atoms with E-state index in [4.69, 9.17) is 9.47 Å². The standard InChI is InChI=1S/C17H26N2O3/c1-13(14-4-6-15(22-3)7-5-14)19-16(20)17(12-21-2)8-10-18-11-9-17/h4-7,13,18H,8-12H2,1-3H3,(H,19,20). The van der Waals surface area contributed by atoms with E-state index in [0.29, 0.717) is 6.61 Å². The summed E-state index contributed by atoms with van der Waals surface area (Å²) in [6.45, 7) is 4.18. The Morgan fingerprint density at radius 2 is 1.91 bits per heavy atom. The summed E-state index contributed by atoms with van der Waals surface area (Å²) in [7, 11) is 3.30. The average Bonchev–Trinajstić information content (AvgIpc) is 2.56. The quantitative estimate of drug-likeness (QED) is 0.842. The van der Waals surface area contributed by atoms with Crippen LogP contribution in [0.15, 0.2) is 24.3 Å². The number of rotatable bonds is 6. The zero-order chi connectivity index (χ0) is 16.0. The van der Waals surface area contributed by atoms with Crippen molar-refractivity contribution < 1.29 is 14.3 Å². The molecule has 122 valence electrons. The van der Waals surface area contributed by atoms with Gasteiger partial charge in [0.1, 0.15) is 5.75 Å². The number of amides is 1. The Labute approximate surface area is 132 Å². The second kappa shape index (κ2) is 7.61. The molecule has 0 saturated carbocycles. The number of nitrogens with one attached hydrogen (secondary N) is 2. The molecule has 5 heteroatoms. The van der Waals surface area contributed by atoms with Crippen LogP contribution < -0.4 is 15.4 Å². The van der Waals surface area contributed by atoms with Gasteiger partial charge in [0.25, 0.3) is 0 Å². The van der Waals surface area contributed by atoms with Gasteiger partial charge in [-0.1, -0.05) is 12.1 Å². The molecular formula is C17H26N2O3. The highest BCUT2D eigenvalue weighted by molar-refractivity contribution is 5.83. The van der Waals surface area contributed by atoms with Gasteiger partial charge in [-0.15, -0.1) is 0 Å². The molecule has 0 spiro atoms. The zero-order valence-corrected chi connectivity index (χ0v) is 13.6. The van der Waals surface area contributed by atoms with Gasteiger partial charge in [0.05, 0.1) is 25.2 Å². The first kappa shape index (κ1) is 16.8. The number of ether oxygens (including phenoxy) is 2. The zero-order valence-electron chi connectivity index (χ0n) is 13.6. The maximum absolute atomic E-state index is 12.8. The number of carbonyl (C=O) groups is 1. The number of methoxy groups -OCH3 is 2. The summed E-state index contributed by atoms with van der Waals surface area (Å²) in [4.78, 5) is 12.8. The lowest BCUT2D eigenvalue weighted by atomic mass is 9.78. The molecule has 1 aliphatic rings. The Kier molecular flexibility index (Phi) is 5.80. The highest BCUT2D eigenvalue weighted by Crippen LogP contribution is 2.30. The Balaban J connectivity index is 2.04. The Bertz CT molecular complexity index is 476. The first-order chi connectivity index (χ1) is 10.6. The SMILES string of the molecule is COCC1(C(=O)NC(C)c2ccc(OC)cc2)CCNCC1. The third kappa shape index (κ3) is 3.78. The molecule has 0 aliphatic carbocycles. The molecule has 1 aromatic rings. The molecule has 0 bridgehead atoms. The van der Waals surface area contributed by atoms with E-state index in [1.807, 2.05) is 31.2 Å². The third-order valence-corrected chi connectivity index (χ3v) is 4.43. The van der Waals surface area contributed by atoms with Crippen LogP contribution in [0.1, 0.15) is 31.4 Å². The predicted octanol–water partition coefficient (Wildman–Crippen LogP) is 1.89. The average molecular weight is 306 g/mol. The molecule has 1 unspecified atom stereocenters. The summed E-state index contributed by atoms with van der Waals surface area (Å²) in [6, 6.07) is 7.74. The van der Waals surface area contributed by atoms with E-state index >= 15 is 0 Å². The van der Waals surface area contributed by atoms with Crippen molar-refractivity contribution in [2.24, 2.45) is 5.41 Å². The van der Waals surface area contributed by atoms with Crippen LogP contribution in [0.25, 0.3) is 0 Å². The van der Waals surface area contributed by atoms with Gasteiger partial charge in [-0.2, -0.15) is 0 Å². The van der Waals surface area contributed by atoms with Gasteiger partial charge in [-0.3, -0.25) is 4.79 Å². The summed E-state index contributed by atoms with van der Waals surface area (Å²) in [5.74, 6) is 0.899.